The monoisotopic (exact) mass is 354 g/mol. The highest BCUT2D eigenvalue weighted by atomic mass is 16.4. The molecule has 0 aromatic heterocycles. The molecule has 0 radical (unpaired) electrons. The third-order valence-corrected chi connectivity index (χ3v) is 5.41. The number of unbranched alkanes of at least 4 members (excludes halogenated alkanes) is 15. The van der Waals surface area contributed by atoms with Crippen LogP contribution in [0.5, 0.6) is 0 Å². The molecule has 0 rings (SSSR count). The van der Waals surface area contributed by atoms with Crippen molar-refractivity contribution in [2.24, 2.45) is 5.92 Å². The van der Waals surface area contributed by atoms with Crippen molar-refractivity contribution in [2.75, 3.05) is 0 Å². The van der Waals surface area contributed by atoms with E-state index in [0.717, 1.165) is 25.7 Å². The maximum Gasteiger partial charge on any atom is 0.306 e. The zero-order valence-corrected chi connectivity index (χ0v) is 17.4. The summed E-state index contributed by atoms with van der Waals surface area (Å²) in [6.07, 6.45) is 23.9. The van der Waals surface area contributed by atoms with Crippen LogP contribution in [0, 0.1) is 5.92 Å². The Morgan fingerprint density at radius 3 is 1.12 bits per heavy atom. The maximum atomic E-state index is 11.4. The molecular weight excluding hydrogens is 308 g/mol. The molecule has 0 bridgehead atoms. The van der Waals surface area contributed by atoms with Crippen LogP contribution < -0.4 is 0 Å². The Kier molecular flexibility index (Phi) is 19.4. The summed E-state index contributed by atoms with van der Waals surface area (Å²) in [6.45, 7) is 4.50. The molecule has 1 unspecified atom stereocenters. The summed E-state index contributed by atoms with van der Waals surface area (Å²) in [7, 11) is 0. The number of carboxylic acid groups (broad SMARTS) is 1. The van der Waals surface area contributed by atoms with E-state index < -0.39 is 5.97 Å². The quantitative estimate of drug-likeness (QED) is 0.224. The van der Waals surface area contributed by atoms with E-state index in [9.17, 15) is 9.90 Å². The Balaban J connectivity index is 3.46. The second-order valence-corrected chi connectivity index (χ2v) is 7.92. The van der Waals surface area contributed by atoms with Crippen LogP contribution in [0.25, 0.3) is 0 Å². The molecule has 0 saturated carbocycles. The first kappa shape index (κ1) is 24.5. The molecule has 25 heavy (non-hydrogen) atoms. The third-order valence-electron chi connectivity index (χ3n) is 5.41. The lowest BCUT2D eigenvalue weighted by atomic mass is 9.94. The van der Waals surface area contributed by atoms with Crippen molar-refractivity contribution in [1.29, 1.82) is 0 Å². The summed E-state index contributed by atoms with van der Waals surface area (Å²) in [5, 5.41) is 9.39. The van der Waals surface area contributed by atoms with Gasteiger partial charge in [-0.05, 0) is 12.8 Å². The Morgan fingerprint density at radius 2 is 0.840 bits per heavy atom. The van der Waals surface area contributed by atoms with Crippen LogP contribution in [0.2, 0.25) is 0 Å². The SMILES string of the molecule is CCCCCCCCCCCCC(CCCCCCCCC)C(=O)O. The van der Waals surface area contributed by atoms with Gasteiger partial charge in [-0.2, -0.15) is 0 Å². The van der Waals surface area contributed by atoms with Gasteiger partial charge in [0.1, 0.15) is 0 Å². The highest BCUT2D eigenvalue weighted by Gasteiger charge is 2.16. The summed E-state index contributed by atoms with van der Waals surface area (Å²) in [6, 6.07) is 0. The van der Waals surface area contributed by atoms with E-state index in [-0.39, 0.29) is 5.92 Å². The second kappa shape index (κ2) is 19.8. The van der Waals surface area contributed by atoms with Gasteiger partial charge in [0, 0.05) is 0 Å². The standard InChI is InChI=1S/C23H46O2/c1-3-5-7-9-11-12-13-15-17-19-21-22(23(24)25)20-18-16-14-10-8-6-4-2/h22H,3-21H2,1-2H3,(H,24,25). The van der Waals surface area contributed by atoms with E-state index in [1.165, 1.54) is 96.3 Å². The Morgan fingerprint density at radius 1 is 0.560 bits per heavy atom. The van der Waals surface area contributed by atoms with Crippen molar-refractivity contribution in [3.8, 4) is 0 Å². The molecule has 1 atom stereocenters. The average Bonchev–Trinajstić information content (AvgIpc) is 2.60. The van der Waals surface area contributed by atoms with Crippen LogP contribution in [0.1, 0.15) is 136 Å². The molecule has 0 aliphatic heterocycles. The summed E-state index contributed by atoms with van der Waals surface area (Å²) in [5.41, 5.74) is 0. The van der Waals surface area contributed by atoms with Gasteiger partial charge in [0.25, 0.3) is 0 Å². The minimum atomic E-state index is -0.568. The molecule has 1 N–H and O–H groups in total. The molecule has 0 aliphatic rings. The molecule has 0 fully saturated rings. The summed E-state index contributed by atoms with van der Waals surface area (Å²) in [4.78, 5) is 11.4. The fourth-order valence-corrected chi connectivity index (χ4v) is 3.62. The van der Waals surface area contributed by atoms with Gasteiger partial charge in [0.15, 0.2) is 0 Å². The molecule has 0 spiro atoms. The molecule has 0 heterocycles. The third kappa shape index (κ3) is 18.1. The largest absolute Gasteiger partial charge is 0.481 e. The van der Waals surface area contributed by atoms with Gasteiger partial charge in [-0.1, -0.05) is 123 Å². The lowest BCUT2D eigenvalue weighted by Gasteiger charge is -2.12. The van der Waals surface area contributed by atoms with Gasteiger partial charge >= 0.3 is 5.97 Å². The van der Waals surface area contributed by atoms with Crippen LogP contribution in [0.3, 0.4) is 0 Å². The van der Waals surface area contributed by atoms with Gasteiger partial charge < -0.3 is 5.11 Å². The van der Waals surface area contributed by atoms with Crippen molar-refractivity contribution in [2.45, 2.75) is 136 Å². The number of aliphatic carboxylic acids is 1. The smallest absolute Gasteiger partial charge is 0.306 e. The number of hydrogen-bond donors (Lipinski definition) is 1. The summed E-state index contributed by atoms with van der Waals surface area (Å²) >= 11 is 0. The van der Waals surface area contributed by atoms with Crippen molar-refractivity contribution in [3.63, 3.8) is 0 Å². The van der Waals surface area contributed by atoms with Gasteiger partial charge in [-0.25, -0.2) is 0 Å². The average molecular weight is 355 g/mol. The van der Waals surface area contributed by atoms with E-state index in [2.05, 4.69) is 13.8 Å². The first-order valence-electron chi connectivity index (χ1n) is 11.4. The molecule has 0 saturated heterocycles. The molecule has 0 aromatic carbocycles. The van der Waals surface area contributed by atoms with E-state index in [0.29, 0.717) is 0 Å². The van der Waals surface area contributed by atoms with Crippen molar-refractivity contribution < 1.29 is 9.90 Å². The first-order chi connectivity index (χ1) is 12.2. The number of carbonyl (C=O) groups is 1. The molecule has 2 heteroatoms. The summed E-state index contributed by atoms with van der Waals surface area (Å²) < 4.78 is 0. The minimum Gasteiger partial charge on any atom is -0.481 e. The molecule has 0 amide bonds. The predicted molar refractivity (Wildman–Crippen MR) is 110 cm³/mol. The zero-order valence-electron chi connectivity index (χ0n) is 17.4. The lowest BCUT2D eigenvalue weighted by molar-refractivity contribution is -0.142. The fourth-order valence-electron chi connectivity index (χ4n) is 3.62. The van der Waals surface area contributed by atoms with E-state index in [1.54, 1.807) is 0 Å². The van der Waals surface area contributed by atoms with Crippen LogP contribution in [0.4, 0.5) is 0 Å². The molecule has 0 aliphatic carbocycles. The normalized spacial score (nSPS) is 12.4. The van der Waals surface area contributed by atoms with Crippen molar-refractivity contribution in [3.05, 3.63) is 0 Å². The zero-order chi connectivity index (χ0) is 18.6. The topological polar surface area (TPSA) is 37.3 Å². The van der Waals surface area contributed by atoms with Crippen LogP contribution in [-0.2, 0) is 4.79 Å². The Labute approximate surface area is 158 Å². The fraction of sp³-hybridized carbons (Fsp3) is 0.957. The van der Waals surface area contributed by atoms with Crippen molar-refractivity contribution in [1.82, 2.24) is 0 Å². The number of carboxylic acids is 1. The molecule has 150 valence electrons. The maximum absolute atomic E-state index is 11.4. The van der Waals surface area contributed by atoms with Gasteiger partial charge in [0.2, 0.25) is 0 Å². The predicted octanol–water partition coefficient (Wildman–Crippen LogP) is 8.14. The molecule has 0 aromatic rings. The van der Waals surface area contributed by atoms with Crippen molar-refractivity contribution >= 4 is 5.97 Å². The molecule has 2 nitrogen and oxygen atoms in total. The Bertz CT molecular complexity index is 275. The number of hydrogen-bond acceptors (Lipinski definition) is 1. The van der Waals surface area contributed by atoms with E-state index in [1.807, 2.05) is 0 Å². The summed E-state index contributed by atoms with van der Waals surface area (Å²) in [5.74, 6) is -0.661. The van der Waals surface area contributed by atoms with E-state index in [4.69, 9.17) is 0 Å². The lowest BCUT2D eigenvalue weighted by Crippen LogP contribution is -2.13. The van der Waals surface area contributed by atoms with E-state index >= 15 is 0 Å². The minimum absolute atomic E-state index is 0.0929. The van der Waals surface area contributed by atoms with Gasteiger partial charge in [0.05, 0.1) is 5.92 Å². The second-order valence-electron chi connectivity index (χ2n) is 7.92. The highest BCUT2D eigenvalue weighted by molar-refractivity contribution is 5.69. The number of rotatable bonds is 20. The van der Waals surface area contributed by atoms with Gasteiger partial charge in [-0.3, -0.25) is 4.79 Å². The van der Waals surface area contributed by atoms with Crippen LogP contribution in [0.15, 0.2) is 0 Å². The highest BCUT2D eigenvalue weighted by Crippen LogP contribution is 2.20. The first-order valence-corrected chi connectivity index (χ1v) is 11.4. The van der Waals surface area contributed by atoms with Gasteiger partial charge in [-0.15, -0.1) is 0 Å². The molecular formula is C23H46O2. The van der Waals surface area contributed by atoms with Crippen LogP contribution >= 0.6 is 0 Å². The van der Waals surface area contributed by atoms with Crippen LogP contribution in [-0.4, -0.2) is 11.1 Å². The Hall–Kier alpha value is -0.530.